The van der Waals surface area contributed by atoms with Gasteiger partial charge >= 0.3 is 0 Å². The minimum atomic E-state index is -0.591. The van der Waals surface area contributed by atoms with Gasteiger partial charge in [-0.3, -0.25) is 9.69 Å². The average molecular weight is 452 g/mol. The van der Waals surface area contributed by atoms with Crippen LogP contribution >= 0.6 is 24.0 Å². The highest BCUT2D eigenvalue weighted by atomic mass is 35.5. The van der Waals surface area contributed by atoms with E-state index in [1.54, 1.807) is 11.0 Å². The maximum Gasteiger partial charge on any atom is 0.244 e. The molecule has 0 unspecified atom stereocenters. The normalized spacial score (nSPS) is 18.9. The number of hydrogen-bond donors (Lipinski definition) is 1. The fraction of sp³-hybridized carbons (Fsp3) is 0.435. The van der Waals surface area contributed by atoms with Gasteiger partial charge in [-0.25, -0.2) is 4.39 Å². The summed E-state index contributed by atoms with van der Waals surface area (Å²) in [6, 6.07) is 12.5. The van der Waals surface area contributed by atoms with Gasteiger partial charge in [0.2, 0.25) is 5.91 Å². The van der Waals surface area contributed by atoms with E-state index < -0.39 is 5.54 Å². The van der Waals surface area contributed by atoms with Gasteiger partial charge in [0, 0.05) is 51.1 Å². The molecule has 1 heterocycles. The third-order valence-corrected chi connectivity index (χ3v) is 6.69. The van der Waals surface area contributed by atoms with E-state index in [1.807, 2.05) is 26.1 Å². The summed E-state index contributed by atoms with van der Waals surface area (Å²) in [5, 5.41) is 3.73. The summed E-state index contributed by atoms with van der Waals surface area (Å²) in [5.74, 6) is -0.297. The number of hydrogen-bond acceptors (Lipinski definition) is 3. The van der Waals surface area contributed by atoms with Gasteiger partial charge in [0.25, 0.3) is 0 Å². The maximum absolute atomic E-state index is 14.0. The summed E-state index contributed by atoms with van der Waals surface area (Å²) in [7, 11) is 1.82. The van der Waals surface area contributed by atoms with Gasteiger partial charge in [-0.1, -0.05) is 35.9 Å². The predicted octanol–water partition coefficient (Wildman–Crippen LogP) is 3.86. The first-order valence-corrected chi connectivity index (χ1v) is 10.5. The highest BCUT2D eigenvalue weighted by Gasteiger charge is 2.50. The minimum absolute atomic E-state index is 0. The zero-order valence-corrected chi connectivity index (χ0v) is 18.9. The van der Waals surface area contributed by atoms with Crippen LogP contribution in [0.3, 0.4) is 0 Å². The zero-order chi connectivity index (χ0) is 20.6. The quantitative estimate of drug-likeness (QED) is 0.766. The number of carbonyl (C=O) groups is 1. The molecule has 1 amide bonds. The average Bonchev–Trinajstić information content (AvgIpc) is 3.13. The Labute approximate surface area is 188 Å². The van der Waals surface area contributed by atoms with Crippen LogP contribution in [0, 0.1) is 5.82 Å². The molecule has 30 heavy (non-hydrogen) atoms. The zero-order valence-electron chi connectivity index (χ0n) is 17.3. The van der Waals surface area contributed by atoms with Gasteiger partial charge in [-0.15, -0.1) is 12.4 Å². The minimum Gasteiger partial charge on any atom is -0.337 e. The number of likely N-dealkylation sites (N-methyl/N-ethyl adjacent to an activating group) is 1. The predicted molar refractivity (Wildman–Crippen MR) is 121 cm³/mol. The molecule has 2 aromatic rings. The lowest BCUT2D eigenvalue weighted by Crippen LogP contribution is -2.64. The van der Waals surface area contributed by atoms with Crippen LogP contribution in [0.15, 0.2) is 42.5 Å². The molecule has 1 N–H and O–H groups in total. The molecule has 0 radical (unpaired) electrons. The summed E-state index contributed by atoms with van der Waals surface area (Å²) < 4.78 is 13.9. The Bertz CT molecular complexity index is 872. The molecule has 4 nitrogen and oxygen atoms in total. The number of rotatable bonds is 4. The van der Waals surface area contributed by atoms with E-state index in [0.717, 1.165) is 26.2 Å². The van der Waals surface area contributed by atoms with Crippen molar-refractivity contribution in [3.05, 3.63) is 70.0 Å². The first kappa shape index (κ1) is 23.0. The smallest absolute Gasteiger partial charge is 0.244 e. The second-order valence-electron chi connectivity index (χ2n) is 8.19. The van der Waals surface area contributed by atoms with Gasteiger partial charge in [0.15, 0.2) is 0 Å². The van der Waals surface area contributed by atoms with E-state index in [1.165, 1.54) is 23.3 Å². The van der Waals surface area contributed by atoms with Crippen molar-refractivity contribution in [3.8, 4) is 0 Å². The Hall–Kier alpha value is -1.66. The molecule has 1 fully saturated rings. The largest absolute Gasteiger partial charge is 0.337 e. The topological polar surface area (TPSA) is 35.6 Å². The molecular formula is C23H28Cl2FN3O. The third kappa shape index (κ3) is 4.22. The Morgan fingerprint density at radius 1 is 1.17 bits per heavy atom. The first-order chi connectivity index (χ1) is 13.9. The summed E-state index contributed by atoms with van der Waals surface area (Å²) in [6.07, 6.45) is 1.42. The van der Waals surface area contributed by atoms with Crippen LogP contribution in [-0.2, 0) is 17.6 Å². The van der Waals surface area contributed by atoms with E-state index in [2.05, 4.69) is 22.3 Å². The highest BCUT2D eigenvalue weighted by Crippen LogP contribution is 2.38. The van der Waals surface area contributed by atoms with Crippen molar-refractivity contribution in [2.45, 2.75) is 31.3 Å². The number of benzene rings is 2. The number of halogens is 3. The van der Waals surface area contributed by atoms with Crippen LogP contribution in [0.25, 0.3) is 0 Å². The first-order valence-electron chi connectivity index (χ1n) is 10.2. The van der Waals surface area contributed by atoms with Crippen molar-refractivity contribution in [2.75, 3.05) is 33.2 Å². The molecule has 1 aliphatic heterocycles. The lowest BCUT2D eigenvalue weighted by Gasteiger charge is -2.45. The van der Waals surface area contributed by atoms with E-state index >= 15 is 0 Å². The number of amides is 1. The monoisotopic (exact) mass is 451 g/mol. The number of fused-ring (bicyclic) bond motifs is 1. The Kier molecular flexibility index (Phi) is 7.08. The van der Waals surface area contributed by atoms with Crippen LogP contribution in [0.5, 0.6) is 0 Å². The van der Waals surface area contributed by atoms with Crippen molar-refractivity contribution >= 4 is 29.9 Å². The molecule has 0 bridgehead atoms. The summed E-state index contributed by atoms with van der Waals surface area (Å²) in [4.78, 5) is 18.1. The van der Waals surface area contributed by atoms with E-state index in [-0.39, 0.29) is 30.2 Å². The van der Waals surface area contributed by atoms with E-state index in [9.17, 15) is 9.18 Å². The van der Waals surface area contributed by atoms with Gasteiger partial charge in [-0.2, -0.15) is 0 Å². The molecule has 1 aliphatic carbocycles. The van der Waals surface area contributed by atoms with Crippen molar-refractivity contribution in [3.63, 3.8) is 0 Å². The summed E-state index contributed by atoms with van der Waals surface area (Å²) in [6.45, 7) is 5.37. The molecule has 0 aromatic heterocycles. The molecule has 2 aromatic carbocycles. The third-order valence-electron chi connectivity index (χ3n) is 6.47. The van der Waals surface area contributed by atoms with Gasteiger partial charge in [0.05, 0.1) is 6.04 Å². The van der Waals surface area contributed by atoms with Gasteiger partial charge < -0.3 is 10.2 Å². The maximum atomic E-state index is 14.0. The number of piperazine rings is 1. The van der Waals surface area contributed by atoms with Crippen molar-refractivity contribution in [1.82, 2.24) is 15.1 Å². The molecular weight excluding hydrogens is 424 g/mol. The Balaban J connectivity index is 0.00000256. The summed E-state index contributed by atoms with van der Waals surface area (Å²) in [5.41, 5.74) is 2.60. The van der Waals surface area contributed by atoms with Crippen LogP contribution in [0.4, 0.5) is 4.39 Å². The number of nitrogens with zero attached hydrogens (tertiary/aromatic N) is 2. The fourth-order valence-corrected chi connectivity index (χ4v) is 4.97. The summed E-state index contributed by atoms with van der Waals surface area (Å²) >= 11 is 6.06. The van der Waals surface area contributed by atoms with Crippen molar-refractivity contribution in [1.29, 1.82) is 0 Å². The molecule has 162 valence electrons. The number of nitrogens with one attached hydrogen (secondary N) is 1. The Morgan fingerprint density at radius 3 is 2.33 bits per heavy atom. The fourth-order valence-electron chi connectivity index (χ4n) is 4.74. The van der Waals surface area contributed by atoms with Crippen LogP contribution in [0.2, 0.25) is 5.02 Å². The van der Waals surface area contributed by atoms with Crippen LogP contribution < -0.4 is 5.32 Å². The molecule has 0 saturated carbocycles. The van der Waals surface area contributed by atoms with E-state index in [4.69, 9.17) is 11.6 Å². The highest BCUT2D eigenvalue weighted by molar-refractivity contribution is 6.30. The SMILES string of the molecule is C[C@@H](c1cc(F)cc(Cl)c1)N(C)C(=O)C1(N2CCNCC2)Cc2ccccc2C1.Cl. The molecule has 1 atom stereocenters. The molecule has 0 spiro atoms. The standard InChI is InChI=1S/C23H27ClFN3O.ClH/c1-16(19-11-20(24)13-21(25)12-19)27(2)22(29)23(28-9-7-26-8-10-28)14-17-5-3-4-6-18(17)15-23;/h3-6,11-13,16,26H,7-10,14-15H2,1-2H3;1H/t16-;/m0./s1. The van der Waals surface area contributed by atoms with E-state index in [0.29, 0.717) is 23.4 Å². The second kappa shape index (κ2) is 9.23. The second-order valence-corrected chi connectivity index (χ2v) is 8.62. The van der Waals surface area contributed by atoms with Gasteiger partial charge in [0.1, 0.15) is 11.4 Å². The van der Waals surface area contributed by atoms with Gasteiger partial charge in [-0.05, 0) is 41.8 Å². The van der Waals surface area contributed by atoms with Crippen LogP contribution in [-0.4, -0.2) is 54.5 Å². The number of carbonyl (C=O) groups excluding carboxylic acids is 1. The van der Waals surface area contributed by atoms with Crippen molar-refractivity contribution < 1.29 is 9.18 Å². The lowest BCUT2D eigenvalue weighted by atomic mass is 9.89. The Morgan fingerprint density at radius 2 is 1.77 bits per heavy atom. The molecule has 4 rings (SSSR count). The lowest BCUT2D eigenvalue weighted by molar-refractivity contribution is -0.145. The van der Waals surface area contributed by atoms with Crippen LogP contribution in [0.1, 0.15) is 29.7 Å². The molecule has 7 heteroatoms. The molecule has 1 saturated heterocycles. The van der Waals surface area contributed by atoms with Crippen molar-refractivity contribution in [2.24, 2.45) is 0 Å². The molecule has 2 aliphatic rings.